The summed E-state index contributed by atoms with van der Waals surface area (Å²) in [7, 11) is -1.63. The summed E-state index contributed by atoms with van der Waals surface area (Å²) in [6.45, 7) is 9.01. The van der Waals surface area contributed by atoms with Crippen LogP contribution >= 0.6 is 0 Å². The van der Waals surface area contributed by atoms with Gasteiger partial charge in [-0.3, -0.25) is 0 Å². The minimum absolute atomic E-state index is 0. The molecule has 0 N–H and O–H groups in total. The Kier molecular flexibility index (Phi) is 8.54. The van der Waals surface area contributed by atoms with Crippen LogP contribution in [0.25, 0.3) is 15.1 Å². The zero-order chi connectivity index (χ0) is 22.5. The zero-order valence-electron chi connectivity index (χ0n) is 19.8. The van der Waals surface area contributed by atoms with Gasteiger partial charge < -0.3 is 24.8 Å². The first-order valence-corrected chi connectivity index (χ1v) is 15.8. The fourth-order valence-corrected chi connectivity index (χ4v) is 6.36. The molecule has 0 spiro atoms. The standard InChI is InChI=1S/C28H27O2Si.2ClH.Zr/c1-5-19-14-15-23-21-11-7-6-10-20(21)16-25(23)28(19)26-17-27(29-18-30-31(2,3)4)24-13-9-8-12-22(24)26;;;/h5-15,17,26H,18H2,1-4H3;2*1H;/q;;;+2/p-2. The number of allylic oxidation sites excluding steroid dienone is 1. The van der Waals surface area contributed by atoms with E-state index >= 15 is 0 Å². The molecule has 0 aliphatic heterocycles. The minimum atomic E-state index is -1.63. The molecular weight excluding hydrogens is 559 g/mol. The fraction of sp³-hybridized carbons (Fsp3) is 0.214. The van der Waals surface area contributed by atoms with E-state index in [1.54, 1.807) is 0 Å². The Balaban J connectivity index is 0.00000162. The van der Waals surface area contributed by atoms with Crippen molar-refractivity contribution in [3.05, 3.63) is 110 Å². The van der Waals surface area contributed by atoms with Crippen LogP contribution in [0.3, 0.4) is 0 Å². The van der Waals surface area contributed by atoms with Crippen molar-refractivity contribution >= 4 is 23.4 Å². The van der Waals surface area contributed by atoms with Crippen LogP contribution < -0.4 is 35.3 Å². The van der Waals surface area contributed by atoms with Gasteiger partial charge in [-0.15, -0.1) is 0 Å². The molecule has 0 fully saturated rings. The van der Waals surface area contributed by atoms with E-state index in [1.807, 2.05) is 0 Å². The number of ether oxygens (including phenoxy) is 1. The summed E-state index contributed by atoms with van der Waals surface area (Å²) < 4.78 is 13.6. The topological polar surface area (TPSA) is 18.5 Å². The van der Waals surface area contributed by atoms with Gasteiger partial charge in [0.05, 0.1) is 0 Å². The molecule has 0 saturated carbocycles. The van der Waals surface area contributed by atoms with Crippen molar-refractivity contribution < 1.29 is 58.7 Å². The molecule has 2 aliphatic carbocycles. The molecule has 0 radical (unpaired) electrons. The summed E-state index contributed by atoms with van der Waals surface area (Å²) in [6, 6.07) is 22.0. The van der Waals surface area contributed by atoms with Crippen LogP contribution in [0.15, 0.2) is 66.7 Å². The third-order valence-corrected chi connectivity index (χ3v) is 8.48. The van der Waals surface area contributed by atoms with Crippen molar-refractivity contribution in [3.8, 4) is 0 Å². The number of fused-ring (bicyclic) bond motifs is 3. The number of benzene rings is 3. The molecule has 34 heavy (non-hydrogen) atoms. The molecule has 0 aromatic heterocycles. The van der Waals surface area contributed by atoms with Crippen LogP contribution in [0.1, 0.15) is 35.1 Å². The second kappa shape index (κ2) is 10.7. The van der Waals surface area contributed by atoms with Crippen LogP contribution in [0, 0.1) is 10.4 Å². The molecule has 173 valence electrons. The van der Waals surface area contributed by atoms with Crippen molar-refractivity contribution in [2.24, 2.45) is 0 Å². The molecule has 2 nitrogen and oxygen atoms in total. The average molecular weight is 586 g/mol. The molecule has 0 bridgehead atoms. The molecule has 1 unspecified atom stereocenters. The summed E-state index contributed by atoms with van der Waals surface area (Å²) >= 11 is 1.45. The first-order valence-electron chi connectivity index (χ1n) is 11.1. The van der Waals surface area contributed by atoms with E-state index in [0.717, 1.165) is 5.76 Å². The Morgan fingerprint density at radius 3 is 2.26 bits per heavy atom. The predicted octanol–water partition coefficient (Wildman–Crippen LogP) is -0.889. The SMILES string of the molecule is CC=c1ccc2c(c1C1C=C(OCO[Si](C)(C)C)c3ccccc31)[C]([Zr+2])=c1ccccc1=2.[Cl-].[Cl-]. The van der Waals surface area contributed by atoms with Crippen molar-refractivity contribution in [3.63, 3.8) is 0 Å². The smallest absolute Gasteiger partial charge is 1.00 e. The van der Waals surface area contributed by atoms with Crippen LogP contribution in [0.2, 0.25) is 19.6 Å². The van der Waals surface area contributed by atoms with Crippen molar-refractivity contribution in [1.29, 1.82) is 0 Å². The largest absolute Gasteiger partial charge is 1.00 e. The van der Waals surface area contributed by atoms with E-state index < -0.39 is 8.32 Å². The van der Waals surface area contributed by atoms with E-state index in [4.69, 9.17) is 9.16 Å². The van der Waals surface area contributed by atoms with E-state index in [-0.39, 0.29) is 30.7 Å². The molecule has 0 saturated heterocycles. The van der Waals surface area contributed by atoms with Crippen LogP contribution in [0.5, 0.6) is 0 Å². The molecule has 3 aromatic carbocycles. The molecule has 6 heteroatoms. The maximum Gasteiger partial charge on any atom is -1.00 e. The summed E-state index contributed by atoms with van der Waals surface area (Å²) in [6.07, 6.45) is 4.54. The van der Waals surface area contributed by atoms with Crippen molar-refractivity contribution in [2.75, 3.05) is 6.79 Å². The average Bonchev–Trinajstić information content (AvgIpc) is 3.29. The Bertz CT molecular complexity index is 1480. The van der Waals surface area contributed by atoms with Crippen LogP contribution in [0.4, 0.5) is 0 Å². The summed E-state index contributed by atoms with van der Waals surface area (Å²) in [5, 5.41) is 5.39. The first kappa shape index (κ1) is 27.2. The maximum absolute atomic E-state index is 6.20. The molecule has 0 amide bonds. The maximum atomic E-state index is 6.20. The van der Waals surface area contributed by atoms with Gasteiger partial charge in [0.2, 0.25) is 0 Å². The Hall–Kier alpha value is -1.42. The third-order valence-electron chi connectivity index (χ3n) is 6.22. The number of hydrogen-bond acceptors (Lipinski definition) is 2. The molecule has 3 aromatic rings. The monoisotopic (exact) mass is 583 g/mol. The van der Waals surface area contributed by atoms with Crippen molar-refractivity contribution in [2.45, 2.75) is 32.5 Å². The van der Waals surface area contributed by atoms with E-state index in [2.05, 4.69) is 99.4 Å². The fourth-order valence-electron chi connectivity index (χ4n) is 4.74. The second-order valence-corrected chi connectivity index (χ2v) is 15.1. The normalized spacial score (nSPS) is 16.2. The van der Waals surface area contributed by atoms with Gasteiger partial charge in [-0.05, 0) is 0 Å². The number of rotatable bonds is 5. The van der Waals surface area contributed by atoms with Crippen molar-refractivity contribution in [1.82, 2.24) is 0 Å². The Morgan fingerprint density at radius 2 is 1.56 bits per heavy atom. The van der Waals surface area contributed by atoms with Gasteiger partial charge in [-0.1, -0.05) is 0 Å². The molecule has 5 rings (SSSR count). The minimum Gasteiger partial charge on any atom is -1.00 e. The second-order valence-electron chi connectivity index (χ2n) is 9.32. The summed E-state index contributed by atoms with van der Waals surface area (Å²) in [5.41, 5.74) is 5.30. The quantitative estimate of drug-likeness (QED) is 0.286. The Morgan fingerprint density at radius 1 is 0.882 bits per heavy atom. The van der Waals surface area contributed by atoms with Gasteiger partial charge in [-0.25, -0.2) is 0 Å². The van der Waals surface area contributed by atoms with Gasteiger partial charge in [0.15, 0.2) is 0 Å². The number of hydrogen-bond donors (Lipinski definition) is 0. The Labute approximate surface area is 229 Å². The van der Waals surface area contributed by atoms with Gasteiger partial charge >= 0.3 is 206 Å². The van der Waals surface area contributed by atoms with Gasteiger partial charge in [0.25, 0.3) is 0 Å². The summed E-state index contributed by atoms with van der Waals surface area (Å²) in [4.78, 5) is 0. The van der Waals surface area contributed by atoms with E-state index in [1.165, 1.54) is 71.1 Å². The first-order chi connectivity index (χ1) is 15.4. The molecular formula is C28H27Cl2O2SiZr. The van der Waals surface area contributed by atoms with Crippen LogP contribution in [-0.4, -0.2) is 15.1 Å². The van der Waals surface area contributed by atoms with Gasteiger partial charge in [0.1, 0.15) is 0 Å². The zero-order valence-corrected chi connectivity index (χ0v) is 24.8. The third kappa shape index (κ3) is 4.81. The molecule has 1 atom stereocenters. The number of halogens is 2. The van der Waals surface area contributed by atoms with E-state index in [9.17, 15) is 0 Å². The molecule has 0 heterocycles. The van der Waals surface area contributed by atoms with E-state index in [0.29, 0.717) is 6.79 Å². The van der Waals surface area contributed by atoms with Crippen LogP contribution in [-0.2, 0) is 33.9 Å². The molecule has 2 aliphatic rings. The van der Waals surface area contributed by atoms with Gasteiger partial charge in [-0.2, -0.15) is 0 Å². The predicted molar refractivity (Wildman–Crippen MR) is 129 cm³/mol. The van der Waals surface area contributed by atoms with Gasteiger partial charge in [0, 0.05) is 0 Å². The summed E-state index contributed by atoms with van der Waals surface area (Å²) in [5.74, 6) is 1.10.